The second-order valence-corrected chi connectivity index (χ2v) is 7.31. The van der Waals surface area contributed by atoms with Crippen molar-refractivity contribution in [2.75, 3.05) is 5.32 Å². The van der Waals surface area contributed by atoms with Gasteiger partial charge >= 0.3 is 0 Å². The van der Waals surface area contributed by atoms with Crippen LogP contribution in [-0.2, 0) is 6.42 Å². The van der Waals surface area contributed by atoms with Gasteiger partial charge in [-0.15, -0.1) is 0 Å². The van der Waals surface area contributed by atoms with Gasteiger partial charge in [-0.25, -0.2) is 0 Å². The highest BCUT2D eigenvalue weighted by Gasteiger charge is 2.17. The average Bonchev–Trinajstić information content (AvgIpc) is 3.01. The third kappa shape index (κ3) is 4.83. The SMILES string of the molecule is Cc1c(-c2ccccc2)noc1NC(=O)c1ccc(CCC(C)(C)O)cc1. The first-order valence-corrected chi connectivity index (χ1v) is 8.98. The fourth-order valence-corrected chi connectivity index (χ4v) is 2.77. The zero-order valence-corrected chi connectivity index (χ0v) is 15.8. The molecule has 0 aliphatic carbocycles. The molecule has 2 N–H and O–H groups in total. The van der Waals surface area contributed by atoms with Gasteiger partial charge in [0.1, 0.15) is 5.69 Å². The van der Waals surface area contributed by atoms with E-state index in [1.165, 1.54) is 0 Å². The molecule has 0 radical (unpaired) electrons. The normalized spacial score (nSPS) is 11.4. The third-order valence-electron chi connectivity index (χ3n) is 4.44. The van der Waals surface area contributed by atoms with Crippen molar-refractivity contribution in [3.05, 3.63) is 71.3 Å². The van der Waals surface area contributed by atoms with Crippen molar-refractivity contribution >= 4 is 11.8 Å². The van der Waals surface area contributed by atoms with Crippen molar-refractivity contribution in [1.29, 1.82) is 0 Å². The van der Waals surface area contributed by atoms with Crippen LogP contribution in [0.4, 0.5) is 5.88 Å². The summed E-state index contributed by atoms with van der Waals surface area (Å²) in [5.41, 5.74) is 3.37. The second-order valence-electron chi connectivity index (χ2n) is 7.31. The molecule has 0 fully saturated rings. The Balaban J connectivity index is 1.68. The van der Waals surface area contributed by atoms with Crippen LogP contribution in [0.5, 0.6) is 0 Å². The van der Waals surface area contributed by atoms with Crippen LogP contribution in [0.2, 0.25) is 0 Å². The number of aliphatic hydroxyl groups is 1. The van der Waals surface area contributed by atoms with E-state index in [2.05, 4.69) is 10.5 Å². The summed E-state index contributed by atoms with van der Waals surface area (Å²) < 4.78 is 5.33. The maximum absolute atomic E-state index is 12.5. The number of anilines is 1. The molecular formula is C22H24N2O3. The Labute approximate surface area is 159 Å². The Bertz CT molecular complexity index is 907. The Morgan fingerprint density at radius 1 is 1.11 bits per heavy atom. The van der Waals surface area contributed by atoms with Crippen LogP contribution in [0.15, 0.2) is 59.1 Å². The number of hydrogen-bond donors (Lipinski definition) is 2. The number of carbonyl (C=O) groups is 1. The van der Waals surface area contributed by atoms with Crippen molar-refractivity contribution in [1.82, 2.24) is 5.16 Å². The molecular weight excluding hydrogens is 340 g/mol. The van der Waals surface area contributed by atoms with E-state index in [-0.39, 0.29) is 5.91 Å². The molecule has 27 heavy (non-hydrogen) atoms. The molecule has 5 heteroatoms. The molecule has 0 atom stereocenters. The summed E-state index contributed by atoms with van der Waals surface area (Å²) in [5.74, 6) is 0.104. The Morgan fingerprint density at radius 3 is 2.41 bits per heavy atom. The van der Waals surface area contributed by atoms with Crippen LogP contribution in [0.25, 0.3) is 11.3 Å². The molecule has 0 spiro atoms. The minimum Gasteiger partial charge on any atom is -0.390 e. The third-order valence-corrected chi connectivity index (χ3v) is 4.44. The van der Waals surface area contributed by atoms with Crippen molar-refractivity contribution < 1.29 is 14.4 Å². The molecule has 140 valence electrons. The Morgan fingerprint density at radius 2 is 1.78 bits per heavy atom. The zero-order chi connectivity index (χ0) is 19.4. The number of nitrogens with zero attached hydrogens (tertiary/aromatic N) is 1. The second kappa shape index (κ2) is 7.76. The van der Waals surface area contributed by atoms with Gasteiger partial charge in [0.2, 0.25) is 5.88 Å². The van der Waals surface area contributed by atoms with E-state index >= 15 is 0 Å². The van der Waals surface area contributed by atoms with Crippen LogP contribution in [0.3, 0.4) is 0 Å². The molecule has 1 aromatic heterocycles. The van der Waals surface area contributed by atoms with Crippen molar-refractivity contribution in [2.45, 2.75) is 39.2 Å². The molecule has 3 aromatic rings. The van der Waals surface area contributed by atoms with Crippen LogP contribution in [0.1, 0.15) is 41.8 Å². The van der Waals surface area contributed by atoms with Crippen molar-refractivity contribution in [3.8, 4) is 11.3 Å². The van der Waals surface area contributed by atoms with Gasteiger partial charge in [-0.2, -0.15) is 0 Å². The van der Waals surface area contributed by atoms with Gasteiger partial charge < -0.3 is 9.63 Å². The monoisotopic (exact) mass is 364 g/mol. The van der Waals surface area contributed by atoms with E-state index < -0.39 is 5.60 Å². The average molecular weight is 364 g/mol. The summed E-state index contributed by atoms with van der Waals surface area (Å²) in [7, 11) is 0. The van der Waals surface area contributed by atoms with Gasteiger partial charge in [0.25, 0.3) is 5.91 Å². The standard InChI is InChI=1S/C22H24N2O3/c1-15-19(17-7-5-4-6-8-17)24-27-21(15)23-20(25)18-11-9-16(10-12-18)13-14-22(2,3)26/h4-12,26H,13-14H2,1-3H3,(H,23,25). The summed E-state index contributed by atoms with van der Waals surface area (Å²) in [6, 6.07) is 17.1. The minimum atomic E-state index is -0.698. The fraction of sp³-hybridized carbons (Fsp3) is 0.273. The van der Waals surface area contributed by atoms with Gasteiger partial charge in [-0.05, 0) is 51.3 Å². The molecule has 0 bridgehead atoms. The molecule has 3 rings (SSSR count). The molecule has 1 heterocycles. The molecule has 1 amide bonds. The molecule has 0 saturated heterocycles. The Hall–Kier alpha value is -2.92. The first-order valence-electron chi connectivity index (χ1n) is 8.98. The maximum Gasteiger partial charge on any atom is 0.258 e. The number of benzene rings is 2. The highest BCUT2D eigenvalue weighted by Crippen LogP contribution is 2.28. The highest BCUT2D eigenvalue weighted by molar-refractivity contribution is 6.04. The summed E-state index contributed by atoms with van der Waals surface area (Å²) in [4.78, 5) is 12.5. The molecule has 0 unspecified atom stereocenters. The predicted molar refractivity (Wildman–Crippen MR) is 106 cm³/mol. The number of carbonyl (C=O) groups excluding carboxylic acids is 1. The fourth-order valence-electron chi connectivity index (χ4n) is 2.77. The van der Waals surface area contributed by atoms with Crippen molar-refractivity contribution in [3.63, 3.8) is 0 Å². The number of aromatic nitrogens is 1. The van der Waals surface area contributed by atoms with E-state index in [0.29, 0.717) is 23.6 Å². The first kappa shape index (κ1) is 18.9. The summed E-state index contributed by atoms with van der Waals surface area (Å²) >= 11 is 0. The lowest BCUT2D eigenvalue weighted by Crippen LogP contribution is -2.19. The molecule has 5 nitrogen and oxygen atoms in total. The zero-order valence-electron chi connectivity index (χ0n) is 15.8. The molecule has 0 aliphatic rings. The smallest absolute Gasteiger partial charge is 0.258 e. The van der Waals surface area contributed by atoms with Crippen LogP contribution in [-0.4, -0.2) is 21.8 Å². The lowest BCUT2D eigenvalue weighted by Gasteiger charge is -2.16. The van der Waals surface area contributed by atoms with E-state index in [1.807, 2.05) is 49.4 Å². The quantitative estimate of drug-likeness (QED) is 0.670. The topological polar surface area (TPSA) is 75.4 Å². The summed E-state index contributed by atoms with van der Waals surface area (Å²) in [6.07, 6.45) is 1.42. The van der Waals surface area contributed by atoms with E-state index in [1.54, 1.807) is 26.0 Å². The highest BCUT2D eigenvalue weighted by atomic mass is 16.5. The van der Waals surface area contributed by atoms with E-state index in [9.17, 15) is 9.90 Å². The van der Waals surface area contributed by atoms with Crippen molar-refractivity contribution in [2.24, 2.45) is 0 Å². The molecule has 0 aliphatic heterocycles. The van der Waals surface area contributed by atoms with Crippen LogP contribution in [0, 0.1) is 6.92 Å². The summed E-state index contributed by atoms with van der Waals surface area (Å²) in [6.45, 7) is 5.45. The van der Waals surface area contributed by atoms with Gasteiger partial charge in [-0.3, -0.25) is 10.1 Å². The molecule has 2 aromatic carbocycles. The lowest BCUT2D eigenvalue weighted by molar-refractivity contribution is 0.0713. The number of nitrogens with one attached hydrogen (secondary N) is 1. The summed E-state index contributed by atoms with van der Waals surface area (Å²) in [5, 5.41) is 16.7. The van der Waals surface area contributed by atoms with Gasteiger partial charge in [0.15, 0.2) is 0 Å². The van der Waals surface area contributed by atoms with Crippen LogP contribution >= 0.6 is 0 Å². The van der Waals surface area contributed by atoms with Crippen LogP contribution < -0.4 is 5.32 Å². The predicted octanol–water partition coefficient (Wildman–Crippen LogP) is 4.61. The number of aryl methyl sites for hydroxylation is 1. The number of rotatable bonds is 6. The van der Waals surface area contributed by atoms with Gasteiger partial charge in [0.05, 0.1) is 5.60 Å². The number of hydrogen-bond acceptors (Lipinski definition) is 4. The van der Waals surface area contributed by atoms with E-state index in [4.69, 9.17) is 4.52 Å². The minimum absolute atomic E-state index is 0.247. The lowest BCUT2D eigenvalue weighted by atomic mass is 9.98. The Kier molecular flexibility index (Phi) is 5.42. The first-order chi connectivity index (χ1) is 12.8. The maximum atomic E-state index is 12.5. The molecule has 0 saturated carbocycles. The van der Waals surface area contributed by atoms with Gasteiger partial charge in [0, 0.05) is 16.7 Å². The largest absolute Gasteiger partial charge is 0.390 e. The number of amides is 1. The van der Waals surface area contributed by atoms with Gasteiger partial charge in [-0.1, -0.05) is 47.6 Å². The van der Waals surface area contributed by atoms with E-state index in [0.717, 1.165) is 23.1 Å².